The van der Waals surface area contributed by atoms with Crippen molar-refractivity contribution >= 4 is 11.9 Å². The minimum Gasteiger partial charge on any atom is -0.334 e. The molecule has 3 amide bonds. The Morgan fingerprint density at radius 2 is 1.76 bits per heavy atom. The van der Waals surface area contributed by atoms with Crippen molar-refractivity contribution in [2.24, 2.45) is 0 Å². The molecule has 3 N–H and O–H groups in total. The first-order valence-corrected chi connectivity index (χ1v) is 7.55. The van der Waals surface area contributed by atoms with E-state index in [2.05, 4.69) is 23.1 Å². The molecule has 1 unspecified atom stereocenters. The van der Waals surface area contributed by atoms with E-state index in [1.807, 2.05) is 13.0 Å². The number of rotatable bonds is 7. The van der Waals surface area contributed by atoms with Gasteiger partial charge in [0.25, 0.3) is 5.91 Å². The monoisotopic (exact) mass is 291 g/mol. The van der Waals surface area contributed by atoms with E-state index in [9.17, 15) is 9.59 Å². The third-order valence-electron chi connectivity index (χ3n) is 3.19. The number of benzene rings is 1. The van der Waals surface area contributed by atoms with Crippen LogP contribution >= 0.6 is 0 Å². The smallest absolute Gasteiger partial charge is 0.333 e. The zero-order valence-corrected chi connectivity index (χ0v) is 12.8. The molecule has 21 heavy (non-hydrogen) atoms. The molecule has 0 heterocycles. The van der Waals surface area contributed by atoms with E-state index in [0.717, 1.165) is 12.8 Å². The average Bonchev–Trinajstić information content (AvgIpc) is 2.50. The summed E-state index contributed by atoms with van der Waals surface area (Å²) in [4.78, 5) is 23.4. The van der Waals surface area contributed by atoms with Crippen LogP contribution < -0.4 is 16.2 Å². The van der Waals surface area contributed by atoms with Gasteiger partial charge in [-0.25, -0.2) is 10.2 Å². The molecule has 5 nitrogen and oxygen atoms in total. The van der Waals surface area contributed by atoms with Gasteiger partial charge in [0.05, 0.1) is 0 Å². The van der Waals surface area contributed by atoms with Crippen molar-refractivity contribution in [2.45, 2.75) is 52.0 Å². The van der Waals surface area contributed by atoms with E-state index in [-0.39, 0.29) is 18.0 Å². The minimum absolute atomic E-state index is 0.0930. The third-order valence-corrected chi connectivity index (χ3v) is 3.19. The maximum Gasteiger partial charge on any atom is 0.333 e. The Kier molecular flexibility index (Phi) is 7.94. The van der Waals surface area contributed by atoms with Crippen LogP contribution in [0.15, 0.2) is 30.3 Å². The zero-order chi connectivity index (χ0) is 15.5. The minimum atomic E-state index is -0.387. The number of urea groups is 1. The van der Waals surface area contributed by atoms with Crippen molar-refractivity contribution in [3.8, 4) is 0 Å². The number of carbonyl (C=O) groups excluding carboxylic acids is 2. The van der Waals surface area contributed by atoms with E-state index < -0.39 is 0 Å². The standard InChI is InChI=1S/C16H25N3O2/c1-3-4-5-7-10-13(2)17-16(21)19-18-15(20)14-11-8-6-9-12-14/h6,8-9,11-13H,3-5,7,10H2,1-2H3,(H,18,20)(H2,17,19,21). The zero-order valence-electron chi connectivity index (χ0n) is 12.8. The first-order chi connectivity index (χ1) is 10.1. The van der Waals surface area contributed by atoms with Gasteiger partial charge in [0.15, 0.2) is 0 Å². The fourth-order valence-electron chi connectivity index (χ4n) is 1.98. The molecule has 0 fully saturated rings. The van der Waals surface area contributed by atoms with Crippen molar-refractivity contribution in [3.63, 3.8) is 0 Å². The lowest BCUT2D eigenvalue weighted by Crippen LogP contribution is -2.49. The lowest BCUT2D eigenvalue weighted by Gasteiger charge is -2.14. The Balaban J connectivity index is 2.20. The van der Waals surface area contributed by atoms with Crippen LogP contribution in [0.5, 0.6) is 0 Å². The highest BCUT2D eigenvalue weighted by molar-refractivity contribution is 5.95. The third kappa shape index (κ3) is 7.34. The average molecular weight is 291 g/mol. The van der Waals surface area contributed by atoms with Crippen LogP contribution in [0.25, 0.3) is 0 Å². The Labute approximate surface area is 126 Å². The normalized spacial score (nSPS) is 11.5. The van der Waals surface area contributed by atoms with Gasteiger partial charge in [-0.1, -0.05) is 50.8 Å². The molecule has 1 aromatic rings. The predicted octanol–water partition coefficient (Wildman–Crippen LogP) is 2.99. The summed E-state index contributed by atoms with van der Waals surface area (Å²) < 4.78 is 0. The molecule has 0 radical (unpaired) electrons. The van der Waals surface area contributed by atoms with E-state index in [1.165, 1.54) is 19.3 Å². The van der Waals surface area contributed by atoms with E-state index in [4.69, 9.17) is 0 Å². The maximum absolute atomic E-state index is 11.7. The van der Waals surface area contributed by atoms with Crippen molar-refractivity contribution in [2.75, 3.05) is 0 Å². The van der Waals surface area contributed by atoms with Crippen LogP contribution in [-0.2, 0) is 0 Å². The van der Waals surface area contributed by atoms with Gasteiger partial charge >= 0.3 is 6.03 Å². The van der Waals surface area contributed by atoms with Gasteiger partial charge in [0.1, 0.15) is 0 Å². The molecule has 0 aromatic heterocycles. The first-order valence-electron chi connectivity index (χ1n) is 7.55. The molecule has 116 valence electrons. The summed E-state index contributed by atoms with van der Waals surface area (Å²) in [6.07, 6.45) is 5.67. The van der Waals surface area contributed by atoms with Crippen LogP contribution in [0.2, 0.25) is 0 Å². The van der Waals surface area contributed by atoms with Gasteiger partial charge in [0, 0.05) is 11.6 Å². The van der Waals surface area contributed by atoms with Gasteiger partial charge in [-0.3, -0.25) is 10.2 Å². The maximum atomic E-state index is 11.7. The topological polar surface area (TPSA) is 70.2 Å². The number of hydrogen-bond donors (Lipinski definition) is 3. The molecule has 5 heteroatoms. The second kappa shape index (κ2) is 9.80. The number of nitrogens with one attached hydrogen (secondary N) is 3. The van der Waals surface area contributed by atoms with E-state index >= 15 is 0 Å². The highest BCUT2D eigenvalue weighted by atomic mass is 16.2. The van der Waals surface area contributed by atoms with Crippen molar-refractivity contribution in [1.82, 2.24) is 16.2 Å². The van der Waals surface area contributed by atoms with Crippen LogP contribution in [0, 0.1) is 0 Å². The molecule has 0 bridgehead atoms. The molecule has 1 rings (SSSR count). The highest BCUT2D eigenvalue weighted by Crippen LogP contribution is 2.05. The molecule has 1 aromatic carbocycles. The van der Waals surface area contributed by atoms with Gasteiger partial charge in [-0.05, 0) is 25.5 Å². The summed E-state index contributed by atoms with van der Waals surface area (Å²) in [5, 5.41) is 2.80. The Hall–Kier alpha value is -2.04. The van der Waals surface area contributed by atoms with Crippen LogP contribution in [0.3, 0.4) is 0 Å². The Morgan fingerprint density at radius 1 is 1.05 bits per heavy atom. The summed E-state index contributed by atoms with van der Waals surface area (Å²) in [7, 11) is 0. The molecule has 0 saturated heterocycles. The molecule has 0 saturated carbocycles. The SMILES string of the molecule is CCCCCCC(C)NC(=O)NNC(=O)c1ccccc1. The van der Waals surface area contributed by atoms with Crippen LogP contribution in [-0.4, -0.2) is 18.0 Å². The second-order valence-corrected chi connectivity index (χ2v) is 5.17. The second-order valence-electron chi connectivity index (χ2n) is 5.17. The highest BCUT2D eigenvalue weighted by Gasteiger charge is 2.09. The fraction of sp³-hybridized carbons (Fsp3) is 0.500. The van der Waals surface area contributed by atoms with Crippen molar-refractivity contribution < 1.29 is 9.59 Å². The first kappa shape index (κ1) is 17.0. The predicted molar refractivity (Wildman–Crippen MR) is 83.8 cm³/mol. The Morgan fingerprint density at radius 3 is 2.43 bits per heavy atom. The van der Waals surface area contributed by atoms with Crippen molar-refractivity contribution in [1.29, 1.82) is 0 Å². The lowest BCUT2D eigenvalue weighted by molar-refractivity contribution is 0.0936. The molecule has 0 aliphatic carbocycles. The van der Waals surface area contributed by atoms with E-state index in [1.54, 1.807) is 24.3 Å². The number of hydrogen-bond acceptors (Lipinski definition) is 2. The van der Waals surface area contributed by atoms with Gasteiger partial charge in [0.2, 0.25) is 0 Å². The molecule has 1 atom stereocenters. The summed E-state index contributed by atoms with van der Waals surface area (Å²) in [6, 6.07) is 8.45. The van der Waals surface area contributed by atoms with Gasteiger partial charge in [-0.15, -0.1) is 0 Å². The van der Waals surface area contributed by atoms with Crippen LogP contribution in [0.1, 0.15) is 56.3 Å². The number of hydrazine groups is 1. The van der Waals surface area contributed by atoms with Gasteiger partial charge in [-0.2, -0.15) is 0 Å². The molecule has 0 spiro atoms. The quantitative estimate of drug-likeness (QED) is 0.534. The Bertz CT molecular complexity index is 434. The number of amides is 3. The summed E-state index contributed by atoms with van der Waals surface area (Å²) in [5.74, 6) is -0.332. The molecule has 0 aliphatic rings. The molecule has 0 aliphatic heterocycles. The number of carbonyl (C=O) groups is 2. The summed E-state index contributed by atoms with van der Waals surface area (Å²) >= 11 is 0. The lowest BCUT2D eigenvalue weighted by atomic mass is 10.1. The largest absolute Gasteiger partial charge is 0.334 e. The van der Waals surface area contributed by atoms with Gasteiger partial charge < -0.3 is 5.32 Å². The van der Waals surface area contributed by atoms with Crippen LogP contribution in [0.4, 0.5) is 4.79 Å². The summed E-state index contributed by atoms with van der Waals surface area (Å²) in [5.41, 5.74) is 5.25. The molecular formula is C16H25N3O2. The summed E-state index contributed by atoms with van der Waals surface area (Å²) in [6.45, 7) is 4.13. The van der Waals surface area contributed by atoms with Crippen molar-refractivity contribution in [3.05, 3.63) is 35.9 Å². The fourth-order valence-corrected chi connectivity index (χ4v) is 1.98. The molecular weight excluding hydrogens is 266 g/mol. The number of unbranched alkanes of at least 4 members (excludes halogenated alkanes) is 3. The van der Waals surface area contributed by atoms with E-state index in [0.29, 0.717) is 5.56 Å².